The van der Waals surface area contributed by atoms with Crippen LogP contribution in [0.1, 0.15) is 18.1 Å². The van der Waals surface area contributed by atoms with Gasteiger partial charge in [0.15, 0.2) is 11.5 Å². The highest BCUT2D eigenvalue weighted by atomic mass is 16.5. The molecule has 1 N–H and O–H groups in total. The van der Waals surface area contributed by atoms with Crippen LogP contribution in [0.4, 0.5) is 0 Å². The zero-order valence-electron chi connectivity index (χ0n) is 14.6. The lowest BCUT2D eigenvalue weighted by Crippen LogP contribution is -2.14. The number of hydrogen-bond acceptors (Lipinski definition) is 4. The Labute approximate surface area is 148 Å². The van der Waals surface area contributed by atoms with Crippen LogP contribution in [0.5, 0.6) is 11.5 Å². The molecule has 3 aromatic rings. The van der Waals surface area contributed by atoms with Gasteiger partial charge in [0.1, 0.15) is 0 Å². The molecule has 0 amide bonds. The van der Waals surface area contributed by atoms with E-state index >= 15 is 0 Å². The van der Waals surface area contributed by atoms with Crippen molar-refractivity contribution in [3.05, 3.63) is 72.1 Å². The molecule has 0 aliphatic heterocycles. The van der Waals surface area contributed by atoms with E-state index < -0.39 is 0 Å². The molecule has 0 fully saturated rings. The van der Waals surface area contributed by atoms with Crippen molar-refractivity contribution >= 4 is 0 Å². The summed E-state index contributed by atoms with van der Waals surface area (Å²) in [5, 5.41) is 7.81. The van der Waals surface area contributed by atoms with E-state index in [-0.39, 0.29) is 0 Å². The van der Waals surface area contributed by atoms with E-state index in [4.69, 9.17) is 9.47 Å². The molecule has 0 unspecified atom stereocenters. The highest BCUT2D eigenvalue weighted by Crippen LogP contribution is 2.28. The van der Waals surface area contributed by atoms with Crippen LogP contribution in [0.3, 0.4) is 0 Å². The molecular formula is C20H23N3O2. The molecule has 1 heterocycles. The molecule has 0 aliphatic carbocycles. The molecule has 0 aliphatic rings. The quantitative estimate of drug-likeness (QED) is 0.683. The topological polar surface area (TPSA) is 48.3 Å². The monoisotopic (exact) mass is 337 g/mol. The molecule has 25 heavy (non-hydrogen) atoms. The van der Waals surface area contributed by atoms with Gasteiger partial charge in [-0.3, -0.25) is 0 Å². The average Bonchev–Trinajstić information content (AvgIpc) is 3.17. The number of hydrogen-bond donors (Lipinski definition) is 1. The third-order valence-corrected chi connectivity index (χ3v) is 3.92. The van der Waals surface area contributed by atoms with Gasteiger partial charge in [-0.1, -0.05) is 24.3 Å². The first-order valence-electron chi connectivity index (χ1n) is 8.40. The van der Waals surface area contributed by atoms with Gasteiger partial charge >= 0.3 is 0 Å². The molecule has 0 radical (unpaired) electrons. The summed E-state index contributed by atoms with van der Waals surface area (Å²) in [5.41, 5.74) is 3.44. The predicted molar refractivity (Wildman–Crippen MR) is 98.3 cm³/mol. The fourth-order valence-electron chi connectivity index (χ4n) is 2.74. The first-order chi connectivity index (χ1) is 12.3. The van der Waals surface area contributed by atoms with Gasteiger partial charge in [0.2, 0.25) is 0 Å². The van der Waals surface area contributed by atoms with Crippen LogP contribution in [0.25, 0.3) is 5.69 Å². The largest absolute Gasteiger partial charge is 0.493 e. The summed E-state index contributed by atoms with van der Waals surface area (Å²) in [6.45, 7) is 4.09. The minimum Gasteiger partial charge on any atom is -0.493 e. The highest BCUT2D eigenvalue weighted by molar-refractivity contribution is 5.43. The van der Waals surface area contributed by atoms with Gasteiger partial charge in [0.25, 0.3) is 0 Å². The number of ether oxygens (including phenoxy) is 2. The fraction of sp³-hybridized carbons (Fsp3) is 0.250. The Bertz CT molecular complexity index is 800. The van der Waals surface area contributed by atoms with E-state index in [0.717, 1.165) is 35.8 Å². The Morgan fingerprint density at radius 1 is 1.04 bits per heavy atom. The molecule has 0 saturated carbocycles. The lowest BCUT2D eigenvalue weighted by atomic mass is 10.1. The summed E-state index contributed by atoms with van der Waals surface area (Å²) in [7, 11) is 1.65. The second-order valence-corrected chi connectivity index (χ2v) is 5.60. The Kier molecular flexibility index (Phi) is 5.69. The molecular weight excluding hydrogens is 314 g/mol. The number of aromatic nitrogens is 2. The first-order valence-corrected chi connectivity index (χ1v) is 8.40. The van der Waals surface area contributed by atoms with Crippen LogP contribution < -0.4 is 14.8 Å². The smallest absolute Gasteiger partial charge is 0.161 e. The third kappa shape index (κ3) is 4.19. The van der Waals surface area contributed by atoms with Crippen molar-refractivity contribution in [3.8, 4) is 17.2 Å². The summed E-state index contributed by atoms with van der Waals surface area (Å²) in [6.07, 6.45) is 3.74. The number of rotatable bonds is 8. The van der Waals surface area contributed by atoms with Crippen LogP contribution >= 0.6 is 0 Å². The van der Waals surface area contributed by atoms with E-state index in [1.54, 1.807) is 13.3 Å². The van der Waals surface area contributed by atoms with Crippen molar-refractivity contribution in [3.63, 3.8) is 0 Å². The van der Waals surface area contributed by atoms with E-state index in [1.807, 2.05) is 54.2 Å². The summed E-state index contributed by atoms with van der Waals surface area (Å²) >= 11 is 0. The van der Waals surface area contributed by atoms with E-state index in [0.29, 0.717) is 6.61 Å². The van der Waals surface area contributed by atoms with Gasteiger partial charge in [0, 0.05) is 25.5 Å². The SMILES string of the molecule is CCOc1cc(CNCc2ccccc2-n2cccn2)ccc1OC. The number of methoxy groups -OCH3 is 1. The van der Waals surface area contributed by atoms with Crippen molar-refractivity contribution < 1.29 is 9.47 Å². The lowest BCUT2D eigenvalue weighted by molar-refractivity contribution is 0.310. The minimum absolute atomic E-state index is 0.616. The van der Waals surface area contributed by atoms with Crippen LogP contribution in [0.15, 0.2) is 60.9 Å². The molecule has 0 saturated heterocycles. The van der Waals surface area contributed by atoms with Gasteiger partial charge in [-0.25, -0.2) is 4.68 Å². The number of benzene rings is 2. The molecule has 5 heteroatoms. The molecule has 0 spiro atoms. The molecule has 5 nitrogen and oxygen atoms in total. The Hall–Kier alpha value is -2.79. The summed E-state index contributed by atoms with van der Waals surface area (Å²) in [5.74, 6) is 1.54. The molecule has 2 aromatic carbocycles. The van der Waals surface area contributed by atoms with Crippen molar-refractivity contribution in [2.24, 2.45) is 0 Å². The first kappa shape index (κ1) is 17.0. The summed E-state index contributed by atoms with van der Waals surface area (Å²) < 4.78 is 12.9. The summed E-state index contributed by atoms with van der Waals surface area (Å²) in [6, 6.07) is 16.2. The molecule has 130 valence electrons. The number of nitrogens with zero attached hydrogens (tertiary/aromatic N) is 2. The van der Waals surface area contributed by atoms with Crippen LogP contribution in [-0.2, 0) is 13.1 Å². The van der Waals surface area contributed by atoms with Crippen LogP contribution in [-0.4, -0.2) is 23.5 Å². The molecule has 3 rings (SSSR count). The van der Waals surface area contributed by atoms with Gasteiger partial charge < -0.3 is 14.8 Å². The van der Waals surface area contributed by atoms with Crippen molar-refractivity contribution in [2.75, 3.05) is 13.7 Å². The Balaban J connectivity index is 1.67. The van der Waals surface area contributed by atoms with Gasteiger partial charge in [0.05, 0.1) is 19.4 Å². The average molecular weight is 337 g/mol. The maximum atomic E-state index is 5.64. The van der Waals surface area contributed by atoms with Gasteiger partial charge in [-0.05, 0) is 42.3 Å². The van der Waals surface area contributed by atoms with Crippen LogP contribution in [0, 0.1) is 0 Å². The van der Waals surface area contributed by atoms with Crippen molar-refractivity contribution in [1.29, 1.82) is 0 Å². The zero-order valence-corrected chi connectivity index (χ0v) is 14.6. The van der Waals surface area contributed by atoms with Crippen molar-refractivity contribution in [1.82, 2.24) is 15.1 Å². The Morgan fingerprint density at radius 3 is 2.68 bits per heavy atom. The second-order valence-electron chi connectivity index (χ2n) is 5.60. The molecule has 0 atom stereocenters. The zero-order chi connectivity index (χ0) is 17.5. The standard InChI is InChI=1S/C20H23N3O2/c1-3-25-20-13-16(9-10-19(20)24-2)14-21-15-17-7-4-5-8-18(17)23-12-6-11-22-23/h4-13,21H,3,14-15H2,1-2H3. The third-order valence-electron chi connectivity index (χ3n) is 3.92. The number of nitrogens with one attached hydrogen (secondary N) is 1. The van der Waals surface area contributed by atoms with Gasteiger partial charge in [-0.2, -0.15) is 5.10 Å². The lowest BCUT2D eigenvalue weighted by Gasteiger charge is -2.13. The minimum atomic E-state index is 0.616. The molecule has 1 aromatic heterocycles. The number of para-hydroxylation sites is 1. The predicted octanol–water partition coefficient (Wildman–Crippen LogP) is 3.57. The van der Waals surface area contributed by atoms with Gasteiger partial charge in [-0.15, -0.1) is 0 Å². The van der Waals surface area contributed by atoms with Crippen LogP contribution in [0.2, 0.25) is 0 Å². The summed E-state index contributed by atoms with van der Waals surface area (Å²) in [4.78, 5) is 0. The second kappa shape index (κ2) is 8.35. The van der Waals surface area contributed by atoms with E-state index in [1.165, 1.54) is 5.56 Å². The van der Waals surface area contributed by atoms with Crippen molar-refractivity contribution in [2.45, 2.75) is 20.0 Å². The van der Waals surface area contributed by atoms with E-state index in [2.05, 4.69) is 22.5 Å². The van der Waals surface area contributed by atoms with E-state index in [9.17, 15) is 0 Å². The fourth-order valence-corrected chi connectivity index (χ4v) is 2.74. The maximum Gasteiger partial charge on any atom is 0.161 e. The normalized spacial score (nSPS) is 10.6. The highest BCUT2D eigenvalue weighted by Gasteiger charge is 2.07. The Morgan fingerprint density at radius 2 is 1.92 bits per heavy atom. The maximum absolute atomic E-state index is 5.64. The molecule has 0 bridgehead atoms.